The predicted molar refractivity (Wildman–Crippen MR) is 87.4 cm³/mol. The number of nitrogens with zero attached hydrogens (tertiary/aromatic N) is 1. The summed E-state index contributed by atoms with van der Waals surface area (Å²) < 4.78 is 0. The molecule has 0 saturated carbocycles. The van der Waals surface area contributed by atoms with Gasteiger partial charge < -0.3 is 0 Å². The van der Waals surface area contributed by atoms with Crippen molar-refractivity contribution in [3.05, 3.63) is 0 Å². The molecule has 0 spiro atoms. The third-order valence-corrected chi connectivity index (χ3v) is 3.76. The molecule has 0 amide bonds. The van der Waals surface area contributed by atoms with Crippen LogP contribution < -0.4 is 5.43 Å². The minimum Gasteiger partial charge on any atom is -0.255 e. The number of hydrogen-bond donors (Lipinski definition) is 1. The van der Waals surface area contributed by atoms with E-state index < -0.39 is 0 Å². The van der Waals surface area contributed by atoms with Crippen LogP contribution in [0.4, 0.5) is 0 Å². The molecule has 0 rings (SSSR count). The lowest BCUT2D eigenvalue weighted by atomic mass is 10.1. The van der Waals surface area contributed by atoms with Gasteiger partial charge in [0.05, 0.1) is 0 Å². The summed E-state index contributed by atoms with van der Waals surface area (Å²) in [6, 6.07) is 0. The van der Waals surface area contributed by atoms with Crippen molar-refractivity contribution in [3.63, 3.8) is 0 Å². The Morgan fingerprint density at radius 3 is 1.68 bits per heavy atom. The Morgan fingerprint density at radius 1 is 0.632 bits per heavy atom. The fraction of sp³-hybridized carbons (Fsp3) is 1.00. The lowest BCUT2D eigenvalue weighted by Crippen LogP contribution is -2.35. The SMILES string of the molecule is CCCCCCCCNN(C)CCCCCCCC. The van der Waals surface area contributed by atoms with Gasteiger partial charge in [-0.05, 0) is 12.8 Å². The van der Waals surface area contributed by atoms with Crippen LogP contribution in [0.15, 0.2) is 0 Å². The minimum atomic E-state index is 1.15. The molecule has 0 aromatic heterocycles. The fourth-order valence-corrected chi connectivity index (χ4v) is 2.38. The molecule has 19 heavy (non-hydrogen) atoms. The second-order valence-electron chi connectivity index (χ2n) is 5.87. The molecule has 0 aliphatic heterocycles. The zero-order valence-corrected chi connectivity index (χ0v) is 13.8. The number of nitrogens with one attached hydrogen (secondary N) is 1. The van der Waals surface area contributed by atoms with Crippen LogP contribution in [0.5, 0.6) is 0 Å². The predicted octanol–water partition coefficient (Wildman–Crippen LogP) is 5.14. The molecule has 0 aliphatic rings. The van der Waals surface area contributed by atoms with Crippen molar-refractivity contribution in [2.75, 3.05) is 20.1 Å². The van der Waals surface area contributed by atoms with E-state index in [4.69, 9.17) is 0 Å². The molecule has 0 aromatic rings. The molecule has 0 fully saturated rings. The maximum absolute atomic E-state index is 3.51. The molecule has 116 valence electrons. The summed E-state index contributed by atoms with van der Waals surface area (Å²) in [5, 5.41) is 2.28. The molecule has 2 nitrogen and oxygen atoms in total. The molecule has 0 atom stereocenters. The van der Waals surface area contributed by atoms with Crippen LogP contribution >= 0.6 is 0 Å². The maximum atomic E-state index is 3.51. The van der Waals surface area contributed by atoms with E-state index in [9.17, 15) is 0 Å². The van der Waals surface area contributed by atoms with Crippen molar-refractivity contribution >= 4 is 0 Å². The largest absolute Gasteiger partial charge is 0.255 e. The summed E-state index contributed by atoms with van der Waals surface area (Å²) in [5.74, 6) is 0. The Labute approximate surface area is 122 Å². The first-order valence-electron chi connectivity index (χ1n) is 8.75. The summed E-state index contributed by atoms with van der Waals surface area (Å²) in [6.45, 7) is 6.90. The van der Waals surface area contributed by atoms with Gasteiger partial charge in [-0.3, -0.25) is 5.43 Å². The average molecular weight is 271 g/mol. The zero-order valence-electron chi connectivity index (χ0n) is 13.8. The summed E-state index contributed by atoms with van der Waals surface area (Å²) in [5.41, 5.74) is 3.51. The van der Waals surface area contributed by atoms with Gasteiger partial charge in [0.25, 0.3) is 0 Å². The first kappa shape index (κ1) is 18.9. The average Bonchev–Trinajstić information content (AvgIpc) is 2.41. The van der Waals surface area contributed by atoms with E-state index in [1.807, 2.05) is 0 Å². The number of hydrogen-bond acceptors (Lipinski definition) is 2. The number of unbranched alkanes of at least 4 members (excludes halogenated alkanes) is 10. The van der Waals surface area contributed by atoms with Crippen LogP contribution in [0.1, 0.15) is 90.9 Å². The van der Waals surface area contributed by atoms with Crippen molar-refractivity contribution in [1.82, 2.24) is 10.4 Å². The van der Waals surface area contributed by atoms with Crippen LogP contribution in [-0.2, 0) is 0 Å². The van der Waals surface area contributed by atoms with E-state index in [1.54, 1.807) is 0 Å². The van der Waals surface area contributed by atoms with Gasteiger partial charge in [-0.25, -0.2) is 5.01 Å². The van der Waals surface area contributed by atoms with Crippen LogP contribution in [-0.4, -0.2) is 25.1 Å². The first-order chi connectivity index (χ1) is 9.31. The molecule has 0 aromatic carbocycles. The third-order valence-electron chi connectivity index (χ3n) is 3.76. The van der Waals surface area contributed by atoms with E-state index >= 15 is 0 Å². The summed E-state index contributed by atoms with van der Waals surface area (Å²) in [7, 11) is 2.18. The van der Waals surface area contributed by atoms with Gasteiger partial charge in [-0.1, -0.05) is 78.1 Å². The van der Waals surface area contributed by atoms with E-state index in [-0.39, 0.29) is 0 Å². The monoisotopic (exact) mass is 270 g/mol. The minimum absolute atomic E-state index is 1.15. The lowest BCUT2D eigenvalue weighted by Gasteiger charge is -2.18. The number of rotatable bonds is 15. The molecule has 0 radical (unpaired) electrons. The Morgan fingerprint density at radius 2 is 1.11 bits per heavy atom. The van der Waals surface area contributed by atoms with Crippen molar-refractivity contribution in [3.8, 4) is 0 Å². The second-order valence-corrected chi connectivity index (χ2v) is 5.87. The first-order valence-corrected chi connectivity index (χ1v) is 8.75. The number of hydrazine groups is 1. The Bertz CT molecular complexity index is 159. The van der Waals surface area contributed by atoms with Crippen molar-refractivity contribution in [2.45, 2.75) is 90.9 Å². The van der Waals surface area contributed by atoms with Gasteiger partial charge in [-0.2, -0.15) is 0 Å². The molecular weight excluding hydrogens is 232 g/mol. The topological polar surface area (TPSA) is 15.3 Å². The molecule has 1 N–H and O–H groups in total. The Kier molecular flexibility index (Phi) is 15.9. The zero-order chi connectivity index (χ0) is 14.2. The molecule has 0 heterocycles. The van der Waals surface area contributed by atoms with Gasteiger partial charge in [-0.15, -0.1) is 0 Å². The molecule has 0 unspecified atom stereocenters. The normalized spacial score (nSPS) is 11.4. The summed E-state index contributed by atoms with van der Waals surface area (Å²) >= 11 is 0. The Balaban J connectivity index is 3.10. The summed E-state index contributed by atoms with van der Waals surface area (Å²) in [6.07, 6.45) is 16.6. The van der Waals surface area contributed by atoms with Gasteiger partial charge >= 0.3 is 0 Å². The highest BCUT2D eigenvalue weighted by Gasteiger charge is 1.97. The van der Waals surface area contributed by atoms with Gasteiger partial charge in [0, 0.05) is 20.1 Å². The lowest BCUT2D eigenvalue weighted by molar-refractivity contribution is 0.227. The Hall–Kier alpha value is -0.0800. The standard InChI is InChI=1S/C17H38N2/c1-4-6-8-10-12-14-16-18-19(3)17-15-13-11-9-7-5-2/h18H,4-17H2,1-3H3. The smallest absolute Gasteiger partial charge is 0.0127 e. The van der Waals surface area contributed by atoms with E-state index in [2.05, 4.69) is 31.3 Å². The molecule has 0 aliphatic carbocycles. The molecule has 2 heteroatoms. The van der Waals surface area contributed by atoms with Crippen molar-refractivity contribution in [2.24, 2.45) is 0 Å². The molecule has 0 saturated heterocycles. The van der Waals surface area contributed by atoms with Gasteiger partial charge in [0.15, 0.2) is 0 Å². The maximum Gasteiger partial charge on any atom is 0.0127 e. The highest BCUT2D eigenvalue weighted by molar-refractivity contribution is 4.51. The molecular formula is C17H38N2. The third kappa shape index (κ3) is 15.9. The van der Waals surface area contributed by atoms with Crippen molar-refractivity contribution in [1.29, 1.82) is 0 Å². The van der Waals surface area contributed by atoms with Gasteiger partial charge in [0.1, 0.15) is 0 Å². The van der Waals surface area contributed by atoms with Crippen LogP contribution in [0.2, 0.25) is 0 Å². The van der Waals surface area contributed by atoms with E-state index in [0.29, 0.717) is 0 Å². The van der Waals surface area contributed by atoms with E-state index in [1.165, 1.54) is 83.6 Å². The van der Waals surface area contributed by atoms with E-state index in [0.717, 1.165) is 6.54 Å². The van der Waals surface area contributed by atoms with Crippen LogP contribution in [0.3, 0.4) is 0 Å². The van der Waals surface area contributed by atoms with Gasteiger partial charge in [0.2, 0.25) is 0 Å². The van der Waals surface area contributed by atoms with Crippen molar-refractivity contribution < 1.29 is 0 Å². The quantitative estimate of drug-likeness (QED) is 0.327. The van der Waals surface area contributed by atoms with Crippen LogP contribution in [0.25, 0.3) is 0 Å². The fourth-order valence-electron chi connectivity index (χ4n) is 2.38. The highest BCUT2D eigenvalue weighted by atomic mass is 15.5. The molecule has 0 bridgehead atoms. The second kappa shape index (κ2) is 16.0. The van der Waals surface area contributed by atoms with Crippen LogP contribution in [0, 0.1) is 0 Å². The highest BCUT2D eigenvalue weighted by Crippen LogP contribution is 2.05. The summed E-state index contributed by atoms with van der Waals surface area (Å²) in [4.78, 5) is 0.